The zero-order valence-electron chi connectivity index (χ0n) is 27.2. The van der Waals surface area contributed by atoms with E-state index in [0.29, 0.717) is 51.1 Å². The van der Waals surface area contributed by atoms with Crippen LogP contribution in [0.1, 0.15) is 29.3 Å². The standard InChI is InChI=1S/C35H36N4O8S2/c1-5-32(35(42)37-24-14-16-27(17-15-24)49(36,43)44)48-26-13-9-12-25(20-26)38-34(41)28(39-33(40)22-10-7-6-8-11-22)18-23-19-30(46-3)31(47-4)21-29(23)45-2/h6-21,32H,5H2,1-4H3,(H,37,42)(H,38,41)(H,39,40)(H2,36,43,44)/b28-18+. The van der Waals surface area contributed by atoms with Crippen molar-refractivity contribution >= 4 is 57.0 Å². The molecule has 14 heteroatoms. The van der Waals surface area contributed by atoms with Gasteiger partial charge in [-0.3, -0.25) is 14.4 Å². The molecule has 5 N–H and O–H groups in total. The number of rotatable bonds is 14. The number of amides is 3. The zero-order valence-corrected chi connectivity index (χ0v) is 28.8. The number of thioether (sulfide) groups is 1. The van der Waals surface area contributed by atoms with E-state index in [1.807, 2.05) is 6.92 Å². The molecule has 0 bridgehead atoms. The Morgan fingerprint density at radius 3 is 2.06 bits per heavy atom. The first-order valence-electron chi connectivity index (χ1n) is 14.9. The molecule has 0 saturated carbocycles. The van der Waals surface area contributed by atoms with Gasteiger partial charge < -0.3 is 30.2 Å². The van der Waals surface area contributed by atoms with Crippen LogP contribution in [-0.4, -0.2) is 52.7 Å². The van der Waals surface area contributed by atoms with Crippen LogP contribution in [0.4, 0.5) is 11.4 Å². The number of methoxy groups -OCH3 is 3. The Morgan fingerprint density at radius 2 is 1.45 bits per heavy atom. The fraction of sp³-hybridized carbons (Fsp3) is 0.171. The number of ether oxygens (including phenoxy) is 3. The number of hydrogen-bond donors (Lipinski definition) is 4. The molecule has 1 unspecified atom stereocenters. The summed E-state index contributed by atoms with van der Waals surface area (Å²) in [5.74, 6) is -0.215. The van der Waals surface area contributed by atoms with Crippen LogP contribution >= 0.6 is 11.8 Å². The van der Waals surface area contributed by atoms with Crippen LogP contribution in [0.15, 0.2) is 106 Å². The molecular formula is C35H36N4O8S2. The maximum Gasteiger partial charge on any atom is 0.272 e. The van der Waals surface area contributed by atoms with E-state index in [1.54, 1.807) is 66.7 Å². The number of sulfonamides is 1. The average Bonchev–Trinajstić information content (AvgIpc) is 3.10. The van der Waals surface area contributed by atoms with Gasteiger partial charge in [0.1, 0.15) is 11.4 Å². The van der Waals surface area contributed by atoms with Crippen LogP contribution < -0.4 is 35.3 Å². The summed E-state index contributed by atoms with van der Waals surface area (Å²) in [6.07, 6.45) is 1.95. The Balaban J connectivity index is 1.57. The molecule has 4 rings (SSSR count). The molecule has 0 heterocycles. The summed E-state index contributed by atoms with van der Waals surface area (Å²) in [5.41, 5.74) is 1.56. The molecular weight excluding hydrogens is 669 g/mol. The van der Waals surface area contributed by atoms with E-state index < -0.39 is 27.1 Å². The van der Waals surface area contributed by atoms with Gasteiger partial charge in [-0.2, -0.15) is 0 Å². The van der Waals surface area contributed by atoms with Crippen molar-refractivity contribution in [2.75, 3.05) is 32.0 Å². The fourth-order valence-electron chi connectivity index (χ4n) is 4.55. The molecule has 0 aliphatic heterocycles. The van der Waals surface area contributed by atoms with Gasteiger partial charge >= 0.3 is 0 Å². The van der Waals surface area contributed by atoms with E-state index >= 15 is 0 Å². The van der Waals surface area contributed by atoms with Gasteiger partial charge in [0.2, 0.25) is 15.9 Å². The van der Waals surface area contributed by atoms with Gasteiger partial charge in [0.05, 0.1) is 31.5 Å². The van der Waals surface area contributed by atoms with E-state index in [9.17, 15) is 22.8 Å². The normalized spacial score (nSPS) is 12.0. The number of hydrogen-bond acceptors (Lipinski definition) is 9. The highest BCUT2D eigenvalue weighted by atomic mass is 32.2. The van der Waals surface area contributed by atoms with Crippen LogP contribution in [-0.2, 0) is 19.6 Å². The molecule has 4 aromatic rings. The molecule has 0 aliphatic carbocycles. The lowest BCUT2D eigenvalue weighted by molar-refractivity contribution is -0.116. The van der Waals surface area contributed by atoms with Crippen molar-refractivity contribution in [1.29, 1.82) is 0 Å². The molecule has 256 valence electrons. The van der Waals surface area contributed by atoms with Crippen LogP contribution in [0.2, 0.25) is 0 Å². The highest BCUT2D eigenvalue weighted by Gasteiger charge is 2.21. The van der Waals surface area contributed by atoms with Crippen LogP contribution in [0.5, 0.6) is 17.2 Å². The Kier molecular flexibility index (Phi) is 12.4. The molecule has 4 aromatic carbocycles. The lowest BCUT2D eigenvalue weighted by atomic mass is 10.1. The summed E-state index contributed by atoms with van der Waals surface area (Å²) in [5, 5.41) is 13.0. The van der Waals surface area contributed by atoms with Crippen molar-refractivity contribution < 1.29 is 37.0 Å². The quantitative estimate of drug-likeness (QED) is 0.101. The van der Waals surface area contributed by atoms with Crippen molar-refractivity contribution in [3.8, 4) is 17.2 Å². The molecule has 0 saturated heterocycles. The average molecular weight is 705 g/mol. The number of benzene rings is 4. The summed E-state index contributed by atoms with van der Waals surface area (Å²) in [6.45, 7) is 1.86. The second-order valence-corrected chi connectivity index (χ2v) is 13.2. The van der Waals surface area contributed by atoms with Crippen molar-refractivity contribution in [1.82, 2.24) is 5.32 Å². The number of primary sulfonamides is 1. The third kappa shape index (κ3) is 9.85. The highest BCUT2D eigenvalue weighted by molar-refractivity contribution is 8.00. The topological polar surface area (TPSA) is 175 Å². The third-order valence-electron chi connectivity index (χ3n) is 7.05. The van der Waals surface area contributed by atoms with E-state index in [-0.39, 0.29) is 16.5 Å². The van der Waals surface area contributed by atoms with Crippen molar-refractivity contribution in [2.24, 2.45) is 5.14 Å². The lowest BCUT2D eigenvalue weighted by Gasteiger charge is -2.16. The van der Waals surface area contributed by atoms with Gasteiger partial charge in [0.25, 0.3) is 11.8 Å². The number of nitrogens with one attached hydrogen (secondary N) is 3. The number of carbonyl (C=O) groups excluding carboxylic acids is 3. The second kappa shape index (κ2) is 16.7. The maximum atomic E-state index is 13.7. The Morgan fingerprint density at radius 1 is 0.796 bits per heavy atom. The van der Waals surface area contributed by atoms with Gasteiger partial charge in [-0.15, -0.1) is 11.8 Å². The molecule has 12 nitrogen and oxygen atoms in total. The Bertz CT molecular complexity index is 1950. The minimum atomic E-state index is -3.86. The van der Waals surface area contributed by atoms with E-state index in [4.69, 9.17) is 19.3 Å². The highest BCUT2D eigenvalue weighted by Crippen LogP contribution is 2.36. The largest absolute Gasteiger partial charge is 0.496 e. The SMILES string of the molecule is CCC(Sc1cccc(NC(=O)/C(=C\c2cc(OC)c(OC)cc2OC)NC(=O)c2ccccc2)c1)C(=O)Nc1ccc(S(N)(=O)=O)cc1. The van der Waals surface area contributed by atoms with E-state index in [1.165, 1.54) is 63.4 Å². The molecule has 49 heavy (non-hydrogen) atoms. The molecule has 3 amide bonds. The zero-order chi connectivity index (χ0) is 35.6. The summed E-state index contributed by atoms with van der Waals surface area (Å²) in [6, 6.07) is 24.2. The van der Waals surface area contributed by atoms with Gasteiger partial charge in [-0.1, -0.05) is 31.2 Å². The first kappa shape index (κ1) is 36.5. The van der Waals surface area contributed by atoms with Gasteiger partial charge in [-0.05, 0) is 73.2 Å². The van der Waals surface area contributed by atoms with Crippen LogP contribution in [0, 0.1) is 0 Å². The fourth-order valence-corrected chi connectivity index (χ4v) is 6.08. The van der Waals surface area contributed by atoms with Gasteiger partial charge in [0.15, 0.2) is 11.5 Å². The lowest BCUT2D eigenvalue weighted by Crippen LogP contribution is -2.30. The minimum Gasteiger partial charge on any atom is -0.496 e. The number of nitrogens with two attached hydrogens (primary N) is 1. The first-order chi connectivity index (χ1) is 23.4. The predicted molar refractivity (Wildman–Crippen MR) is 189 cm³/mol. The summed E-state index contributed by atoms with van der Waals surface area (Å²) in [7, 11) is 0.584. The number of carbonyl (C=O) groups is 3. The molecule has 0 aromatic heterocycles. The molecule has 0 fully saturated rings. The summed E-state index contributed by atoms with van der Waals surface area (Å²) < 4.78 is 39.4. The molecule has 0 aliphatic rings. The monoisotopic (exact) mass is 704 g/mol. The minimum absolute atomic E-state index is 0.0636. The Labute approximate surface area is 289 Å². The third-order valence-corrected chi connectivity index (χ3v) is 9.34. The molecule has 0 spiro atoms. The van der Waals surface area contributed by atoms with E-state index in [0.717, 1.165) is 0 Å². The van der Waals surface area contributed by atoms with Crippen molar-refractivity contribution in [3.05, 3.63) is 108 Å². The molecule has 0 radical (unpaired) electrons. The van der Waals surface area contributed by atoms with Crippen molar-refractivity contribution in [3.63, 3.8) is 0 Å². The molecule has 1 atom stereocenters. The van der Waals surface area contributed by atoms with E-state index in [2.05, 4.69) is 16.0 Å². The second-order valence-electron chi connectivity index (χ2n) is 10.4. The number of anilines is 2. The first-order valence-corrected chi connectivity index (χ1v) is 17.3. The van der Waals surface area contributed by atoms with Crippen molar-refractivity contribution in [2.45, 2.75) is 28.4 Å². The summed E-state index contributed by atoms with van der Waals surface area (Å²) >= 11 is 1.29. The van der Waals surface area contributed by atoms with Gasteiger partial charge in [0, 0.05) is 33.5 Å². The van der Waals surface area contributed by atoms with Crippen LogP contribution in [0.3, 0.4) is 0 Å². The Hall–Kier alpha value is -5.31. The van der Waals surface area contributed by atoms with Gasteiger partial charge in [-0.25, -0.2) is 13.6 Å². The summed E-state index contributed by atoms with van der Waals surface area (Å²) in [4.78, 5) is 40.6. The predicted octanol–water partition coefficient (Wildman–Crippen LogP) is 5.28. The maximum absolute atomic E-state index is 13.7. The van der Waals surface area contributed by atoms with Crippen LogP contribution in [0.25, 0.3) is 6.08 Å². The smallest absolute Gasteiger partial charge is 0.272 e.